The number of anilines is 1. The van der Waals surface area contributed by atoms with Crippen molar-refractivity contribution >= 4 is 5.95 Å². The highest BCUT2D eigenvalue weighted by Crippen LogP contribution is 2.10. The monoisotopic (exact) mass is 206 g/mol. The molecule has 0 bridgehead atoms. The predicted molar refractivity (Wildman–Crippen MR) is 61.1 cm³/mol. The molecule has 0 spiro atoms. The number of piperazine rings is 1. The Labute approximate surface area is 90.9 Å². The summed E-state index contributed by atoms with van der Waals surface area (Å²) in [5, 5.41) is 0. The van der Waals surface area contributed by atoms with Crippen LogP contribution in [0.2, 0.25) is 0 Å². The van der Waals surface area contributed by atoms with Crippen LogP contribution in [-0.2, 0) is 0 Å². The summed E-state index contributed by atoms with van der Waals surface area (Å²) < 4.78 is 0. The van der Waals surface area contributed by atoms with Gasteiger partial charge in [-0.2, -0.15) is 0 Å². The molecule has 4 heteroatoms. The van der Waals surface area contributed by atoms with Crippen molar-refractivity contribution in [1.29, 1.82) is 0 Å². The first-order chi connectivity index (χ1) is 7.29. The molecule has 2 rings (SSSR count). The van der Waals surface area contributed by atoms with Gasteiger partial charge in [0, 0.05) is 38.6 Å². The molecule has 15 heavy (non-hydrogen) atoms. The maximum absolute atomic E-state index is 4.35. The first-order valence-electron chi connectivity index (χ1n) is 5.55. The molecule has 1 aliphatic heterocycles. The molecule has 0 atom stereocenters. The second-order valence-corrected chi connectivity index (χ2v) is 3.98. The molecule has 1 aromatic heterocycles. The van der Waals surface area contributed by atoms with E-state index in [9.17, 15) is 0 Å². The van der Waals surface area contributed by atoms with Gasteiger partial charge < -0.3 is 9.80 Å². The van der Waals surface area contributed by atoms with Crippen LogP contribution in [0, 0.1) is 6.92 Å². The Morgan fingerprint density at radius 2 is 1.73 bits per heavy atom. The SMILES string of the molecule is CCN1CCN(c2ncc(C)cn2)CC1. The Morgan fingerprint density at radius 3 is 2.27 bits per heavy atom. The van der Waals surface area contributed by atoms with Gasteiger partial charge in [0.1, 0.15) is 0 Å². The summed E-state index contributed by atoms with van der Waals surface area (Å²) in [6, 6.07) is 0. The Bertz CT molecular complexity index is 301. The van der Waals surface area contributed by atoms with Crippen LogP contribution in [-0.4, -0.2) is 47.6 Å². The summed E-state index contributed by atoms with van der Waals surface area (Å²) in [5.41, 5.74) is 1.12. The number of aromatic nitrogens is 2. The van der Waals surface area contributed by atoms with Crippen LogP contribution in [0.25, 0.3) is 0 Å². The summed E-state index contributed by atoms with van der Waals surface area (Å²) >= 11 is 0. The molecular formula is C11H18N4. The maximum Gasteiger partial charge on any atom is 0.225 e. The van der Waals surface area contributed by atoms with Crippen molar-refractivity contribution in [2.75, 3.05) is 37.6 Å². The van der Waals surface area contributed by atoms with E-state index < -0.39 is 0 Å². The van der Waals surface area contributed by atoms with Gasteiger partial charge in [-0.25, -0.2) is 9.97 Å². The molecule has 1 saturated heterocycles. The average Bonchev–Trinajstić information content (AvgIpc) is 2.30. The normalized spacial score (nSPS) is 18.1. The molecule has 2 heterocycles. The van der Waals surface area contributed by atoms with Gasteiger partial charge in [0.05, 0.1) is 0 Å². The maximum atomic E-state index is 4.35. The predicted octanol–water partition coefficient (Wildman–Crippen LogP) is 0.927. The Hall–Kier alpha value is -1.16. The fourth-order valence-corrected chi connectivity index (χ4v) is 1.81. The second kappa shape index (κ2) is 4.57. The van der Waals surface area contributed by atoms with Crippen LogP contribution in [0.5, 0.6) is 0 Å². The van der Waals surface area contributed by atoms with E-state index in [0.717, 1.165) is 44.2 Å². The molecular weight excluding hydrogens is 188 g/mol. The summed E-state index contributed by atoms with van der Waals surface area (Å²) in [5.74, 6) is 0.872. The number of hydrogen-bond donors (Lipinski definition) is 0. The topological polar surface area (TPSA) is 32.3 Å². The summed E-state index contributed by atoms with van der Waals surface area (Å²) in [6.07, 6.45) is 3.77. The van der Waals surface area contributed by atoms with Crippen molar-refractivity contribution in [3.05, 3.63) is 18.0 Å². The van der Waals surface area contributed by atoms with Crippen molar-refractivity contribution in [3.63, 3.8) is 0 Å². The molecule has 0 radical (unpaired) electrons. The standard InChI is InChI=1S/C11H18N4/c1-3-14-4-6-15(7-5-14)11-12-8-10(2)9-13-11/h8-9H,3-7H2,1-2H3. The van der Waals surface area contributed by atoms with Crippen molar-refractivity contribution in [2.24, 2.45) is 0 Å². The number of rotatable bonds is 2. The first-order valence-corrected chi connectivity index (χ1v) is 5.55. The van der Waals surface area contributed by atoms with Gasteiger partial charge in [-0.15, -0.1) is 0 Å². The Morgan fingerprint density at radius 1 is 1.13 bits per heavy atom. The number of hydrogen-bond acceptors (Lipinski definition) is 4. The van der Waals surface area contributed by atoms with E-state index >= 15 is 0 Å². The molecule has 0 aliphatic carbocycles. The zero-order valence-corrected chi connectivity index (χ0v) is 9.48. The van der Waals surface area contributed by atoms with Crippen molar-refractivity contribution < 1.29 is 0 Å². The van der Waals surface area contributed by atoms with E-state index in [4.69, 9.17) is 0 Å². The highest BCUT2D eigenvalue weighted by molar-refractivity contribution is 5.30. The fourth-order valence-electron chi connectivity index (χ4n) is 1.81. The van der Waals surface area contributed by atoms with E-state index in [2.05, 4.69) is 26.7 Å². The minimum atomic E-state index is 0.872. The highest BCUT2D eigenvalue weighted by Gasteiger charge is 2.17. The van der Waals surface area contributed by atoms with Gasteiger partial charge in [0.25, 0.3) is 0 Å². The van der Waals surface area contributed by atoms with Gasteiger partial charge in [-0.3, -0.25) is 0 Å². The molecule has 0 N–H and O–H groups in total. The minimum absolute atomic E-state index is 0.872. The van der Waals surface area contributed by atoms with E-state index in [1.807, 2.05) is 19.3 Å². The molecule has 1 fully saturated rings. The van der Waals surface area contributed by atoms with Crippen LogP contribution in [0.15, 0.2) is 12.4 Å². The fraction of sp³-hybridized carbons (Fsp3) is 0.636. The van der Waals surface area contributed by atoms with Crippen LogP contribution in [0.4, 0.5) is 5.95 Å². The smallest absolute Gasteiger partial charge is 0.225 e. The highest BCUT2D eigenvalue weighted by atomic mass is 15.3. The molecule has 0 saturated carbocycles. The Kier molecular flexibility index (Phi) is 3.16. The van der Waals surface area contributed by atoms with Gasteiger partial charge in [-0.05, 0) is 19.0 Å². The van der Waals surface area contributed by atoms with Gasteiger partial charge >= 0.3 is 0 Å². The lowest BCUT2D eigenvalue weighted by atomic mass is 10.3. The Balaban J connectivity index is 1.98. The first kappa shape index (κ1) is 10.4. The summed E-state index contributed by atoms with van der Waals surface area (Å²) in [6.45, 7) is 9.68. The second-order valence-electron chi connectivity index (χ2n) is 3.98. The quantitative estimate of drug-likeness (QED) is 0.720. The van der Waals surface area contributed by atoms with Gasteiger partial charge in [0.15, 0.2) is 0 Å². The van der Waals surface area contributed by atoms with Crippen molar-refractivity contribution in [3.8, 4) is 0 Å². The zero-order chi connectivity index (χ0) is 10.7. The van der Waals surface area contributed by atoms with Crippen LogP contribution >= 0.6 is 0 Å². The van der Waals surface area contributed by atoms with Crippen LogP contribution in [0.3, 0.4) is 0 Å². The van der Waals surface area contributed by atoms with E-state index in [1.165, 1.54) is 0 Å². The molecule has 0 aromatic carbocycles. The van der Waals surface area contributed by atoms with E-state index in [0.29, 0.717) is 0 Å². The third-order valence-electron chi connectivity index (χ3n) is 2.87. The summed E-state index contributed by atoms with van der Waals surface area (Å²) in [7, 11) is 0. The third-order valence-corrected chi connectivity index (χ3v) is 2.87. The van der Waals surface area contributed by atoms with E-state index in [-0.39, 0.29) is 0 Å². The van der Waals surface area contributed by atoms with Crippen molar-refractivity contribution in [1.82, 2.24) is 14.9 Å². The lowest BCUT2D eigenvalue weighted by molar-refractivity contribution is 0.270. The third kappa shape index (κ3) is 2.45. The zero-order valence-electron chi connectivity index (χ0n) is 9.48. The average molecular weight is 206 g/mol. The van der Waals surface area contributed by atoms with Crippen LogP contribution < -0.4 is 4.90 Å². The molecule has 4 nitrogen and oxygen atoms in total. The largest absolute Gasteiger partial charge is 0.338 e. The van der Waals surface area contributed by atoms with Crippen LogP contribution in [0.1, 0.15) is 12.5 Å². The van der Waals surface area contributed by atoms with E-state index in [1.54, 1.807) is 0 Å². The molecule has 1 aromatic rings. The van der Waals surface area contributed by atoms with Crippen molar-refractivity contribution in [2.45, 2.75) is 13.8 Å². The molecule has 0 amide bonds. The lowest BCUT2D eigenvalue weighted by Gasteiger charge is -2.33. The van der Waals surface area contributed by atoms with Gasteiger partial charge in [-0.1, -0.05) is 6.92 Å². The number of aryl methyl sites for hydroxylation is 1. The molecule has 1 aliphatic rings. The van der Waals surface area contributed by atoms with Gasteiger partial charge in [0.2, 0.25) is 5.95 Å². The lowest BCUT2D eigenvalue weighted by Crippen LogP contribution is -2.46. The number of nitrogens with zero attached hydrogens (tertiary/aromatic N) is 4. The summed E-state index contributed by atoms with van der Waals surface area (Å²) in [4.78, 5) is 13.4. The molecule has 0 unspecified atom stereocenters. The molecule has 82 valence electrons. The minimum Gasteiger partial charge on any atom is -0.338 e. The number of likely N-dealkylation sites (N-methyl/N-ethyl adjacent to an activating group) is 1.